The first-order chi connectivity index (χ1) is 10.4. The molecule has 0 radical (unpaired) electrons. The minimum atomic E-state index is -0.395. The summed E-state index contributed by atoms with van der Waals surface area (Å²) in [6.45, 7) is 6.44. The van der Waals surface area contributed by atoms with Crippen molar-refractivity contribution in [1.29, 1.82) is 0 Å². The number of thiophene rings is 1. The minimum Gasteiger partial charge on any atom is -0.349 e. The van der Waals surface area contributed by atoms with Gasteiger partial charge in [0.1, 0.15) is 0 Å². The van der Waals surface area contributed by atoms with Crippen LogP contribution in [0.5, 0.6) is 0 Å². The highest BCUT2D eigenvalue weighted by molar-refractivity contribution is 7.13. The number of aromatic nitrogens is 2. The van der Waals surface area contributed by atoms with Crippen molar-refractivity contribution in [2.24, 2.45) is 11.7 Å². The Labute approximate surface area is 134 Å². The van der Waals surface area contributed by atoms with E-state index in [1.165, 1.54) is 0 Å². The topological polar surface area (TPSA) is 94.0 Å². The Balaban J connectivity index is 1.89. The SMILES string of the molecule is CC(C)C(C)(CN)NC(=O)CCc1nc(-c2cccs2)no1. The highest BCUT2D eigenvalue weighted by Gasteiger charge is 2.28. The van der Waals surface area contributed by atoms with Crippen molar-refractivity contribution in [3.8, 4) is 10.7 Å². The van der Waals surface area contributed by atoms with Crippen LogP contribution in [0.2, 0.25) is 0 Å². The van der Waals surface area contributed by atoms with E-state index in [0.717, 1.165) is 4.88 Å². The molecule has 2 heterocycles. The molecule has 3 N–H and O–H groups in total. The van der Waals surface area contributed by atoms with Crippen molar-refractivity contribution in [2.75, 3.05) is 6.54 Å². The number of nitrogens with one attached hydrogen (secondary N) is 1. The van der Waals surface area contributed by atoms with Crippen LogP contribution in [0.25, 0.3) is 10.7 Å². The highest BCUT2D eigenvalue weighted by Crippen LogP contribution is 2.21. The van der Waals surface area contributed by atoms with Gasteiger partial charge in [0.15, 0.2) is 0 Å². The molecule has 1 atom stereocenters. The second-order valence-corrected chi connectivity index (χ2v) is 6.76. The summed E-state index contributed by atoms with van der Waals surface area (Å²) in [4.78, 5) is 17.3. The zero-order valence-corrected chi connectivity index (χ0v) is 13.9. The van der Waals surface area contributed by atoms with Crippen LogP contribution in [0.4, 0.5) is 0 Å². The number of nitrogens with zero attached hydrogens (tertiary/aromatic N) is 2. The summed E-state index contributed by atoms with van der Waals surface area (Å²) in [5.41, 5.74) is 5.37. The van der Waals surface area contributed by atoms with Crippen LogP contribution >= 0.6 is 11.3 Å². The van der Waals surface area contributed by atoms with Crippen molar-refractivity contribution in [3.05, 3.63) is 23.4 Å². The number of carbonyl (C=O) groups excluding carboxylic acids is 1. The molecular weight excluding hydrogens is 300 g/mol. The number of aryl methyl sites for hydroxylation is 1. The zero-order valence-electron chi connectivity index (χ0n) is 13.1. The van der Waals surface area contributed by atoms with Gasteiger partial charge in [-0.3, -0.25) is 4.79 Å². The van der Waals surface area contributed by atoms with E-state index in [1.54, 1.807) is 11.3 Å². The number of amides is 1. The maximum atomic E-state index is 12.1. The zero-order chi connectivity index (χ0) is 16.2. The van der Waals surface area contributed by atoms with E-state index in [4.69, 9.17) is 10.3 Å². The normalized spacial score (nSPS) is 14.0. The summed E-state index contributed by atoms with van der Waals surface area (Å²) in [6, 6.07) is 3.87. The Hall–Kier alpha value is -1.73. The van der Waals surface area contributed by atoms with E-state index in [2.05, 4.69) is 15.5 Å². The van der Waals surface area contributed by atoms with Gasteiger partial charge in [-0.15, -0.1) is 11.3 Å². The fourth-order valence-electron chi connectivity index (χ4n) is 1.89. The van der Waals surface area contributed by atoms with Gasteiger partial charge in [-0.1, -0.05) is 25.1 Å². The Morgan fingerprint density at radius 1 is 1.55 bits per heavy atom. The summed E-state index contributed by atoms with van der Waals surface area (Å²) in [5, 5.41) is 8.88. The lowest BCUT2D eigenvalue weighted by Crippen LogP contribution is -2.55. The number of hydrogen-bond donors (Lipinski definition) is 2. The molecule has 0 aliphatic rings. The standard InChI is InChI=1S/C15H22N4O2S/c1-10(2)15(3,9-16)18-12(20)6-7-13-17-14(19-21-13)11-5-4-8-22-11/h4-5,8,10H,6-7,9,16H2,1-3H3,(H,18,20). The quantitative estimate of drug-likeness (QED) is 0.815. The summed E-state index contributed by atoms with van der Waals surface area (Å²) < 4.78 is 5.18. The van der Waals surface area contributed by atoms with Gasteiger partial charge in [0.05, 0.1) is 10.4 Å². The molecule has 0 aromatic carbocycles. The average molecular weight is 322 g/mol. The highest BCUT2D eigenvalue weighted by atomic mass is 32.1. The second-order valence-electron chi connectivity index (χ2n) is 5.81. The molecule has 1 amide bonds. The number of carbonyl (C=O) groups is 1. The molecule has 2 aromatic rings. The third-order valence-corrected chi connectivity index (χ3v) is 4.76. The molecule has 0 spiro atoms. The monoisotopic (exact) mass is 322 g/mol. The van der Waals surface area contributed by atoms with Gasteiger partial charge in [0, 0.05) is 19.4 Å². The predicted molar refractivity (Wildman–Crippen MR) is 86.4 cm³/mol. The van der Waals surface area contributed by atoms with E-state index >= 15 is 0 Å². The van der Waals surface area contributed by atoms with Crippen LogP contribution in [0.1, 0.15) is 33.1 Å². The molecule has 22 heavy (non-hydrogen) atoms. The maximum Gasteiger partial charge on any atom is 0.227 e. The fraction of sp³-hybridized carbons (Fsp3) is 0.533. The Morgan fingerprint density at radius 2 is 2.32 bits per heavy atom. The van der Waals surface area contributed by atoms with Crippen LogP contribution in [-0.4, -0.2) is 28.1 Å². The van der Waals surface area contributed by atoms with Gasteiger partial charge in [0.2, 0.25) is 17.6 Å². The van der Waals surface area contributed by atoms with Crippen LogP contribution in [-0.2, 0) is 11.2 Å². The number of nitrogens with two attached hydrogens (primary N) is 1. The van der Waals surface area contributed by atoms with E-state index < -0.39 is 5.54 Å². The largest absolute Gasteiger partial charge is 0.349 e. The van der Waals surface area contributed by atoms with Crippen molar-refractivity contribution in [2.45, 2.75) is 39.2 Å². The molecule has 120 valence electrons. The Kier molecular flexibility index (Phi) is 5.31. The van der Waals surface area contributed by atoms with Crippen LogP contribution in [0.3, 0.4) is 0 Å². The molecular formula is C15H22N4O2S. The van der Waals surface area contributed by atoms with Gasteiger partial charge in [-0.2, -0.15) is 4.98 Å². The number of rotatable bonds is 7. The molecule has 0 bridgehead atoms. The van der Waals surface area contributed by atoms with Crippen LogP contribution in [0, 0.1) is 5.92 Å². The molecule has 0 saturated heterocycles. The summed E-state index contributed by atoms with van der Waals surface area (Å²) in [6.07, 6.45) is 0.720. The molecule has 0 aliphatic carbocycles. The van der Waals surface area contributed by atoms with E-state index in [9.17, 15) is 4.79 Å². The Morgan fingerprint density at radius 3 is 2.91 bits per heavy atom. The molecule has 2 rings (SSSR count). The predicted octanol–water partition coefficient (Wildman–Crippen LogP) is 2.22. The lowest BCUT2D eigenvalue weighted by atomic mass is 9.88. The van der Waals surface area contributed by atoms with Gasteiger partial charge < -0.3 is 15.6 Å². The smallest absolute Gasteiger partial charge is 0.227 e. The van der Waals surface area contributed by atoms with Crippen molar-refractivity contribution >= 4 is 17.2 Å². The summed E-state index contributed by atoms with van der Waals surface area (Å²) in [7, 11) is 0. The molecule has 0 fully saturated rings. The van der Waals surface area contributed by atoms with Gasteiger partial charge in [0.25, 0.3) is 0 Å². The van der Waals surface area contributed by atoms with Gasteiger partial charge in [-0.05, 0) is 24.3 Å². The van der Waals surface area contributed by atoms with E-state index in [1.807, 2.05) is 38.3 Å². The van der Waals surface area contributed by atoms with Gasteiger partial charge >= 0.3 is 0 Å². The third-order valence-electron chi connectivity index (χ3n) is 3.90. The molecule has 1 unspecified atom stereocenters. The van der Waals surface area contributed by atoms with Crippen molar-refractivity contribution in [1.82, 2.24) is 15.5 Å². The lowest BCUT2D eigenvalue weighted by molar-refractivity contribution is -0.123. The lowest BCUT2D eigenvalue weighted by Gasteiger charge is -2.33. The molecule has 2 aromatic heterocycles. The fourth-order valence-corrected chi connectivity index (χ4v) is 2.54. The van der Waals surface area contributed by atoms with E-state index in [0.29, 0.717) is 31.1 Å². The molecule has 6 nitrogen and oxygen atoms in total. The molecule has 0 aliphatic heterocycles. The molecule has 0 saturated carbocycles. The minimum absolute atomic E-state index is 0.0578. The maximum absolute atomic E-state index is 12.1. The summed E-state index contributed by atoms with van der Waals surface area (Å²) in [5.74, 6) is 1.24. The third kappa shape index (κ3) is 3.92. The first-order valence-electron chi connectivity index (χ1n) is 7.32. The first kappa shape index (κ1) is 16.6. The van der Waals surface area contributed by atoms with Crippen LogP contribution < -0.4 is 11.1 Å². The summed E-state index contributed by atoms with van der Waals surface area (Å²) >= 11 is 1.55. The van der Waals surface area contributed by atoms with Gasteiger partial charge in [-0.25, -0.2) is 0 Å². The number of hydrogen-bond acceptors (Lipinski definition) is 6. The first-order valence-corrected chi connectivity index (χ1v) is 8.20. The van der Waals surface area contributed by atoms with Crippen molar-refractivity contribution in [3.63, 3.8) is 0 Å². The van der Waals surface area contributed by atoms with Crippen LogP contribution in [0.15, 0.2) is 22.0 Å². The van der Waals surface area contributed by atoms with Crippen molar-refractivity contribution < 1.29 is 9.32 Å². The second kappa shape index (κ2) is 7.02. The van der Waals surface area contributed by atoms with E-state index in [-0.39, 0.29) is 11.8 Å². The Bertz CT molecular complexity index is 609. The molecule has 7 heteroatoms. The average Bonchev–Trinajstić information content (AvgIpc) is 3.15.